The van der Waals surface area contributed by atoms with Crippen LogP contribution in [0.5, 0.6) is 0 Å². The molecule has 1 aromatic carbocycles. The van der Waals surface area contributed by atoms with Gasteiger partial charge in [-0.2, -0.15) is 0 Å². The van der Waals surface area contributed by atoms with Gasteiger partial charge in [0.1, 0.15) is 6.04 Å². The second kappa shape index (κ2) is 7.42. The number of aromatic nitrogens is 3. The van der Waals surface area contributed by atoms with Crippen molar-refractivity contribution in [1.82, 2.24) is 24.8 Å². The number of benzene rings is 1. The zero-order valence-electron chi connectivity index (χ0n) is 16.0. The Kier molecular flexibility index (Phi) is 4.81. The molecule has 2 aromatic heterocycles. The first kappa shape index (κ1) is 18.2. The molecule has 2 amide bonds. The minimum Gasteiger partial charge on any atom is -0.347 e. The number of carbonyl (C=O) groups excluding carboxylic acids is 2. The minimum atomic E-state index is -0.515. The van der Waals surface area contributed by atoms with E-state index < -0.39 is 6.04 Å². The van der Waals surface area contributed by atoms with E-state index >= 15 is 0 Å². The number of hydrogen-bond acceptors (Lipinski definition) is 4. The van der Waals surface area contributed by atoms with Crippen molar-refractivity contribution < 1.29 is 9.59 Å². The molecule has 0 saturated heterocycles. The minimum absolute atomic E-state index is 0.0793. The van der Waals surface area contributed by atoms with Crippen LogP contribution >= 0.6 is 0 Å². The third kappa shape index (κ3) is 3.35. The van der Waals surface area contributed by atoms with Gasteiger partial charge < -0.3 is 10.2 Å². The predicted molar refractivity (Wildman–Crippen MR) is 104 cm³/mol. The van der Waals surface area contributed by atoms with Crippen LogP contribution in [0.3, 0.4) is 0 Å². The summed E-state index contributed by atoms with van der Waals surface area (Å²) in [5.74, 6) is 0.691. The fraction of sp³-hybridized carbons (Fsp3) is 0.333. The number of nitrogens with zero attached hydrogens (tertiary/aromatic N) is 4. The van der Waals surface area contributed by atoms with Crippen molar-refractivity contribution in [2.75, 3.05) is 0 Å². The molecule has 3 aromatic rings. The Morgan fingerprint density at radius 3 is 2.71 bits per heavy atom. The maximum Gasteiger partial charge on any atom is 0.255 e. The average molecular weight is 377 g/mol. The van der Waals surface area contributed by atoms with Gasteiger partial charge >= 0.3 is 0 Å². The third-order valence-corrected chi connectivity index (χ3v) is 5.03. The van der Waals surface area contributed by atoms with E-state index in [9.17, 15) is 9.59 Å². The van der Waals surface area contributed by atoms with Crippen molar-refractivity contribution in [1.29, 1.82) is 0 Å². The topological polar surface area (TPSA) is 79.6 Å². The smallest absolute Gasteiger partial charge is 0.255 e. The lowest BCUT2D eigenvalue weighted by Gasteiger charge is -2.28. The van der Waals surface area contributed by atoms with E-state index in [-0.39, 0.29) is 24.3 Å². The number of nitrogens with one attached hydrogen (secondary N) is 1. The Morgan fingerprint density at radius 2 is 1.93 bits per heavy atom. The van der Waals surface area contributed by atoms with Gasteiger partial charge in [0.2, 0.25) is 5.91 Å². The van der Waals surface area contributed by atoms with Gasteiger partial charge in [0.15, 0.2) is 11.5 Å². The molecule has 28 heavy (non-hydrogen) atoms. The van der Waals surface area contributed by atoms with Crippen molar-refractivity contribution in [2.24, 2.45) is 5.92 Å². The van der Waals surface area contributed by atoms with Crippen LogP contribution in [-0.4, -0.2) is 37.4 Å². The molecular weight excluding hydrogens is 354 g/mol. The number of rotatable bonds is 6. The average Bonchev–Trinajstić information content (AvgIpc) is 3.25. The van der Waals surface area contributed by atoms with E-state index in [1.165, 1.54) is 0 Å². The molecule has 144 valence electrons. The monoisotopic (exact) mass is 377 g/mol. The molecule has 0 fully saturated rings. The molecule has 1 N–H and O–H groups in total. The molecule has 1 atom stereocenters. The van der Waals surface area contributed by atoms with E-state index in [2.05, 4.69) is 29.4 Å². The highest BCUT2D eigenvalue weighted by molar-refractivity contribution is 6.01. The summed E-state index contributed by atoms with van der Waals surface area (Å²) in [6.07, 6.45) is 2.47. The van der Waals surface area contributed by atoms with Crippen LogP contribution < -0.4 is 5.32 Å². The second-order valence-corrected chi connectivity index (χ2v) is 7.50. The van der Waals surface area contributed by atoms with Crippen LogP contribution in [0.25, 0.3) is 5.65 Å². The molecule has 4 rings (SSSR count). The summed E-state index contributed by atoms with van der Waals surface area (Å²) in [6.45, 7) is 4.83. The van der Waals surface area contributed by atoms with Crippen LogP contribution in [0.1, 0.15) is 42.0 Å². The largest absolute Gasteiger partial charge is 0.347 e. The first-order valence-electron chi connectivity index (χ1n) is 9.50. The molecule has 0 bridgehead atoms. The number of carbonyl (C=O) groups is 2. The summed E-state index contributed by atoms with van der Waals surface area (Å²) in [6, 6.07) is 12.7. The summed E-state index contributed by atoms with van der Waals surface area (Å²) < 4.78 is 1.84. The fourth-order valence-corrected chi connectivity index (χ4v) is 3.65. The van der Waals surface area contributed by atoms with Gasteiger partial charge in [-0.15, -0.1) is 10.2 Å². The van der Waals surface area contributed by atoms with Gasteiger partial charge in [0, 0.05) is 18.3 Å². The molecule has 7 nitrogen and oxygen atoms in total. The van der Waals surface area contributed by atoms with Crippen molar-refractivity contribution in [3.8, 4) is 0 Å². The normalized spacial score (nSPS) is 14.5. The number of pyridine rings is 1. The van der Waals surface area contributed by atoms with Gasteiger partial charge in [-0.05, 0) is 36.1 Å². The SMILES string of the molecule is CC(C)C[C@H](C(=O)NCc1nnc2ccccn12)N1Cc2ccccc2C1=O. The first-order valence-corrected chi connectivity index (χ1v) is 9.50. The van der Waals surface area contributed by atoms with Crippen molar-refractivity contribution in [2.45, 2.75) is 39.4 Å². The van der Waals surface area contributed by atoms with Crippen LogP contribution in [-0.2, 0) is 17.9 Å². The van der Waals surface area contributed by atoms with Gasteiger partial charge in [0.05, 0.1) is 6.54 Å². The molecule has 0 radical (unpaired) electrons. The highest BCUT2D eigenvalue weighted by atomic mass is 16.2. The van der Waals surface area contributed by atoms with E-state index in [4.69, 9.17) is 0 Å². The van der Waals surface area contributed by atoms with Crippen molar-refractivity contribution in [3.63, 3.8) is 0 Å². The van der Waals surface area contributed by atoms with Crippen LogP contribution in [0.15, 0.2) is 48.7 Å². The first-order chi connectivity index (χ1) is 13.5. The molecule has 0 aliphatic carbocycles. The molecular formula is C21H23N5O2. The molecule has 0 unspecified atom stereocenters. The van der Waals surface area contributed by atoms with Crippen molar-refractivity contribution >= 4 is 17.5 Å². The standard InChI is InChI=1S/C21H23N5O2/c1-14(2)11-17(26-13-15-7-3-4-8-16(15)21(26)28)20(27)22-12-19-24-23-18-9-5-6-10-25(18)19/h3-10,14,17H,11-13H2,1-2H3,(H,22,27)/t17-/m1/s1. The van der Waals surface area contributed by atoms with Crippen molar-refractivity contribution in [3.05, 3.63) is 65.6 Å². The molecule has 3 heterocycles. The summed E-state index contributed by atoms with van der Waals surface area (Å²) in [5, 5.41) is 11.2. The number of hydrogen-bond donors (Lipinski definition) is 1. The Balaban J connectivity index is 1.51. The highest BCUT2D eigenvalue weighted by Crippen LogP contribution is 2.26. The lowest BCUT2D eigenvalue weighted by molar-refractivity contribution is -0.126. The summed E-state index contributed by atoms with van der Waals surface area (Å²) in [7, 11) is 0. The molecule has 7 heteroatoms. The quantitative estimate of drug-likeness (QED) is 0.715. The summed E-state index contributed by atoms with van der Waals surface area (Å²) >= 11 is 0. The maximum absolute atomic E-state index is 13.0. The number of amides is 2. The zero-order valence-corrected chi connectivity index (χ0v) is 16.0. The predicted octanol–water partition coefficient (Wildman–Crippen LogP) is 2.42. The van der Waals surface area contributed by atoms with Gasteiger partial charge in [-0.3, -0.25) is 14.0 Å². The van der Waals surface area contributed by atoms with Crippen LogP contribution in [0.4, 0.5) is 0 Å². The lowest BCUT2D eigenvalue weighted by Crippen LogP contribution is -2.47. The van der Waals surface area contributed by atoms with E-state index in [0.29, 0.717) is 24.4 Å². The summed E-state index contributed by atoms with van der Waals surface area (Å²) in [4.78, 5) is 27.6. The Morgan fingerprint density at radius 1 is 1.14 bits per heavy atom. The Bertz CT molecular complexity index is 1030. The van der Waals surface area contributed by atoms with Gasteiger partial charge in [-0.1, -0.05) is 38.1 Å². The van der Waals surface area contributed by atoms with E-state index in [0.717, 1.165) is 11.2 Å². The van der Waals surface area contributed by atoms with Gasteiger partial charge in [-0.25, -0.2) is 0 Å². The molecule has 1 aliphatic heterocycles. The molecule has 1 aliphatic rings. The second-order valence-electron chi connectivity index (χ2n) is 7.50. The number of fused-ring (bicyclic) bond motifs is 2. The third-order valence-electron chi connectivity index (χ3n) is 5.03. The van der Waals surface area contributed by atoms with E-state index in [1.54, 1.807) is 4.90 Å². The lowest BCUT2D eigenvalue weighted by atomic mass is 10.0. The highest BCUT2D eigenvalue weighted by Gasteiger charge is 2.36. The zero-order chi connectivity index (χ0) is 19.7. The molecule has 0 saturated carbocycles. The Labute approximate surface area is 163 Å². The Hall–Kier alpha value is -3.22. The molecule has 0 spiro atoms. The van der Waals surface area contributed by atoms with E-state index in [1.807, 2.05) is 53.1 Å². The fourth-order valence-electron chi connectivity index (χ4n) is 3.65. The maximum atomic E-state index is 13.0. The van der Waals surface area contributed by atoms with Gasteiger partial charge in [0.25, 0.3) is 5.91 Å². The van der Waals surface area contributed by atoms with Crippen LogP contribution in [0, 0.1) is 5.92 Å². The van der Waals surface area contributed by atoms with Crippen LogP contribution in [0.2, 0.25) is 0 Å². The summed E-state index contributed by atoms with van der Waals surface area (Å²) in [5.41, 5.74) is 2.39.